The lowest BCUT2D eigenvalue weighted by molar-refractivity contribution is -0.384. The molecule has 0 saturated carbocycles. The first-order chi connectivity index (χ1) is 18.9. The van der Waals surface area contributed by atoms with Crippen molar-refractivity contribution < 1.29 is 18.9 Å². The van der Waals surface area contributed by atoms with Crippen LogP contribution in [0, 0.1) is 17.0 Å². The Balaban J connectivity index is 1.54. The van der Waals surface area contributed by atoms with Crippen LogP contribution in [0.1, 0.15) is 29.1 Å². The molecule has 2 N–H and O–H groups in total. The number of pyridine rings is 1. The van der Waals surface area contributed by atoms with Crippen LogP contribution in [-0.4, -0.2) is 34.6 Å². The average Bonchev–Trinajstić information content (AvgIpc) is 3.55. The second-order valence-corrected chi connectivity index (χ2v) is 9.37. The van der Waals surface area contributed by atoms with Crippen LogP contribution in [-0.2, 0) is 9.53 Å². The average molecular weight is 544 g/mol. The van der Waals surface area contributed by atoms with Crippen LogP contribution in [0.25, 0.3) is 11.3 Å². The van der Waals surface area contributed by atoms with Gasteiger partial charge in [0.05, 0.1) is 16.7 Å². The molecule has 1 aliphatic rings. The Labute approximate surface area is 229 Å². The zero-order valence-electron chi connectivity index (χ0n) is 21.2. The Kier molecular flexibility index (Phi) is 7.35. The van der Waals surface area contributed by atoms with Crippen molar-refractivity contribution in [1.82, 2.24) is 10.3 Å². The summed E-state index contributed by atoms with van der Waals surface area (Å²) >= 11 is 5.79. The first kappa shape index (κ1) is 26.0. The zero-order valence-corrected chi connectivity index (χ0v) is 22.0. The number of non-ortho nitro benzene ring substituents is 1. The molecule has 0 spiro atoms. The molecule has 2 aromatic heterocycles. The van der Waals surface area contributed by atoms with E-state index in [1.54, 1.807) is 24.4 Å². The lowest BCUT2D eigenvalue weighted by Crippen LogP contribution is -2.29. The molecular formula is C28H25N5O5S. The Bertz CT molecular complexity index is 1540. The first-order valence-electron chi connectivity index (χ1n) is 12.1. The highest BCUT2D eigenvalue weighted by molar-refractivity contribution is 7.80. The molecule has 0 bridgehead atoms. The van der Waals surface area contributed by atoms with Crippen molar-refractivity contribution >= 4 is 40.3 Å². The summed E-state index contributed by atoms with van der Waals surface area (Å²) in [7, 11) is 1.47. The molecule has 39 heavy (non-hydrogen) atoms. The van der Waals surface area contributed by atoms with Crippen molar-refractivity contribution in [1.29, 1.82) is 0 Å². The van der Waals surface area contributed by atoms with E-state index in [9.17, 15) is 14.9 Å². The molecule has 11 heteroatoms. The molecule has 1 amide bonds. The van der Waals surface area contributed by atoms with Crippen molar-refractivity contribution in [3.63, 3.8) is 0 Å². The van der Waals surface area contributed by atoms with Gasteiger partial charge in [-0.2, -0.15) is 0 Å². The number of thiocarbonyl (C=S) groups is 1. The zero-order chi connectivity index (χ0) is 27.5. The van der Waals surface area contributed by atoms with Gasteiger partial charge in [0.2, 0.25) is 5.91 Å². The molecular weight excluding hydrogens is 518 g/mol. The van der Waals surface area contributed by atoms with Crippen molar-refractivity contribution in [3.05, 3.63) is 106 Å². The van der Waals surface area contributed by atoms with Crippen molar-refractivity contribution in [2.45, 2.75) is 19.0 Å². The largest absolute Gasteiger partial charge is 0.459 e. The topological polar surface area (TPSA) is 123 Å². The number of hydrogen-bond acceptors (Lipinski definition) is 7. The SMILES string of the molecule is COCC(=O)Nc1ccc(N2C(=S)NC(c3ccccn3)C2c2ccc(-c3cccc([N+](=O)[O-])c3)o2)cc1C. The lowest BCUT2D eigenvalue weighted by Gasteiger charge is -2.26. The van der Waals surface area contributed by atoms with Gasteiger partial charge in [0.1, 0.15) is 24.2 Å². The summed E-state index contributed by atoms with van der Waals surface area (Å²) in [5, 5.41) is 18.0. The van der Waals surface area contributed by atoms with Crippen LogP contribution in [0.5, 0.6) is 0 Å². The number of furan rings is 1. The number of aromatic nitrogens is 1. The van der Waals surface area contributed by atoms with Crippen molar-refractivity contribution in [3.8, 4) is 11.3 Å². The highest BCUT2D eigenvalue weighted by atomic mass is 32.1. The number of nitro groups is 1. The predicted octanol–water partition coefficient (Wildman–Crippen LogP) is 5.32. The molecule has 2 atom stereocenters. The number of amides is 1. The minimum absolute atomic E-state index is 0.0182. The molecule has 2 unspecified atom stereocenters. The minimum Gasteiger partial charge on any atom is -0.459 e. The van der Waals surface area contributed by atoms with E-state index in [-0.39, 0.29) is 24.2 Å². The third-order valence-electron chi connectivity index (χ3n) is 6.40. The summed E-state index contributed by atoms with van der Waals surface area (Å²) < 4.78 is 11.2. The molecule has 1 aliphatic heterocycles. The number of aryl methyl sites for hydroxylation is 1. The van der Waals surface area contributed by atoms with Gasteiger partial charge in [0, 0.05) is 42.4 Å². The maximum Gasteiger partial charge on any atom is 0.270 e. The molecule has 5 rings (SSSR count). The number of benzene rings is 2. The number of ether oxygens (including phenoxy) is 1. The summed E-state index contributed by atoms with van der Waals surface area (Å²) in [5.41, 5.74) is 3.67. The third-order valence-corrected chi connectivity index (χ3v) is 6.71. The van der Waals surface area contributed by atoms with Crippen LogP contribution in [0.15, 0.2) is 83.4 Å². The summed E-state index contributed by atoms with van der Waals surface area (Å²) in [4.78, 5) is 29.4. The molecule has 2 aromatic carbocycles. The third kappa shape index (κ3) is 5.35. The number of nitrogens with zero attached hydrogens (tertiary/aromatic N) is 3. The van der Waals surface area contributed by atoms with Crippen LogP contribution < -0.4 is 15.5 Å². The van der Waals surface area contributed by atoms with Gasteiger partial charge in [-0.15, -0.1) is 0 Å². The summed E-state index contributed by atoms with van der Waals surface area (Å²) in [6, 6.07) is 20.5. The number of carbonyl (C=O) groups excluding carboxylic acids is 1. The quantitative estimate of drug-likeness (QED) is 0.173. The van der Waals surface area contributed by atoms with Crippen molar-refractivity contribution in [2.24, 2.45) is 0 Å². The van der Waals surface area contributed by atoms with E-state index in [1.165, 1.54) is 19.2 Å². The number of anilines is 2. The smallest absolute Gasteiger partial charge is 0.270 e. The van der Waals surface area contributed by atoms with Crippen molar-refractivity contribution in [2.75, 3.05) is 23.9 Å². The van der Waals surface area contributed by atoms with E-state index in [1.807, 2.05) is 54.3 Å². The van der Waals surface area contributed by atoms with Crippen LogP contribution in [0.2, 0.25) is 0 Å². The number of nitro benzene ring substituents is 1. The molecule has 1 fully saturated rings. The summed E-state index contributed by atoms with van der Waals surface area (Å²) in [6.07, 6.45) is 1.72. The van der Waals surface area contributed by atoms with Crippen LogP contribution in [0.3, 0.4) is 0 Å². The van der Waals surface area contributed by atoms with E-state index in [4.69, 9.17) is 21.4 Å². The van der Waals surface area contributed by atoms with Gasteiger partial charge < -0.3 is 24.7 Å². The molecule has 0 radical (unpaired) electrons. The fourth-order valence-corrected chi connectivity index (χ4v) is 4.96. The highest BCUT2D eigenvalue weighted by Gasteiger charge is 2.42. The highest BCUT2D eigenvalue weighted by Crippen LogP contribution is 2.43. The fourth-order valence-electron chi connectivity index (χ4n) is 4.62. The van der Waals surface area contributed by atoms with E-state index < -0.39 is 11.0 Å². The van der Waals surface area contributed by atoms with E-state index in [0.29, 0.717) is 27.9 Å². The molecule has 0 aliphatic carbocycles. The Morgan fingerprint density at radius 2 is 2.03 bits per heavy atom. The van der Waals surface area contributed by atoms with E-state index in [2.05, 4.69) is 15.6 Å². The Morgan fingerprint density at radius 3 is 2.74 bits per heavy atom. The molecule has 1 saturated heterocycles. The number of carbonyl (C=O) groups is 1. The first-order valence-corrected chi connectivity index (χ1v) is 12.5. The van der Waals surface area contributed by atoms with Crippen LogP contribution in [0.4, 0.5) is 17.1 Å². The number of hydrogen-bond donors (Lipinski definition) is 2. The normalized spacial score (nSPS) is 16.7. The van der Waals surface area contributed by atoms with Crippen LogP contribution >= 0.6 is 12.2 Å². The number of methoxy groups -OCH3 is 1. The van der Waals surface area contributed by atoms with E-state index >= 15 is 0 Å². The van der Waals surface area contributed by atoms with Gasteiger partial charge in [-0.3, -0.25) is 19.9 Å². The second kappa shape index (κ2) is 11.0. The Hall–Kier alpha value is -4.61. The number of nitrogens with one attached hydrogen (secondary N) is 2. The van der Waals surface area contributed by atoms with Gasteiger partial charge in [-0.25, -0.2) is 0 Å². The van der Waals surface area contributed by atoms with Gasteiger partial charge in [-0.05, 0) is 67.2 Å². The molecule has 3 heterocycles. The predicted molar refractivity (Wildman–Crippen MR) is 150 cm³/mol. The molecule has 10 nitrogen and oxygen atoms in total. The standard InChI is InChI=1S/C28H25N5O5S/c1-17-14-19(9-10-21(17)30-25(34)16-37-2)32-27(26(31-28(32)39)22-8-3-4-13-29-22)24-12-11-23(38-24)18-6-5-7-20(15-18)33(35)36/h3-15,26-27H,16H2,1-2H3,(H,30,34)(H,31,39). The fraction of sp³-hybridized carbons (Fsp3) is 0.179. The molecule has 198 valence electrons. The number of rotatable bonds is 8. The van der Waals surface area contributed by atoms with E-state index in [0.717, 1.165) is 16.9 Å². The van der Waals surface area contributed by atoms with Gasteiger partial charge in [0.25, 0.3) is 5.69 Å². The Morgan fingerprint density at radius 1 is 1.18 bits per heavy atom. The monoisotopic (exact) mass is 543 g/mol. The van der Waals surface area contributed by atoms with Gasteiger partial charge >= 0.3 is 0 Å². The van der Waals surface area contributed by atoms with Gasteiger partial charge in [0.15, 0.2) is 5.11 Å². The minimum atomic E-state index is -0.435. The molecule has 4 aromatic rings. The lowest BCUT2D eigenvalue weighted by atomic mass is 10.0. The maximum atomic E-state index is 12.0. The maximum absolute atomic E-state index is 12.0. The second-order valence-electron chi connectivity index (χ2n) is 8.99. The summed E-state index contributed by atoms with van der Waals surface area (Å²) in [6.45, 7) is 1.86. The van der Waals surface area contributed by atoms with Gasteiger partial charge in [-0.1, -0.05) is 18.2 Å². The summed E-state index contributed by atoms with van der Waals surface area (Å²) in [5.74, 6) is 0.859.